The van der Waals surface area contributed by atoms with Crippen molar-refractivity contribution in [3.63, 3.8) is 0 Å². The minimum atomic E-state index is -0.831. The van der Waals surface area contributed by atoms with Crippen LogP contribution in [0.25, 0.3) is 0 Å². The number of nitrogens with zero attached hydrogens (tertiary/aromatic N) is 1. The van der Waals surface area contributed by atoms with E-state index in [1.807, 2.05) is 19.9 Å². The van der Waals surface area contributed by atoms with Crippen molar-refractivity contribution in [2.75, 3.05) is 19.8 Å². The van der Waals surface area contributed by atoms with Crippen LogP contribution in [0.15, 0.2) is 0 Å². The fourth-order valence-electron chi connectivity index (χ4n) is 1.19. The van der Waals surface area contributed by atoms with Crippen LogP contribution in [0.4, 0.5) is 0 Å². The second kappa shape index (κ2) is 9.13. The highest BCUT2D eigenvalue weighted by Gasteiger charge is 2.24. The Labute approximate surface area is 96.3 Å². The smallest absolute Gasteiger partial charge is 0.323 e. The molecule has 0 saturated heterocycles. The average molecular weight is 229 g/mol. The first-order chi connectivity index (χ1) is 7.69. The first-order valence-corrected chi connectivity index (χ1v) is 5.48. The summed E-state index contributed by atoms with van der Waals surface area (Å²) in [6.07, 6.45) is -0.319. The van der Waals surface area contributed by atoms with Crippen molar-refractivity contribution in [1.29, 1.82) is 5.26 Å². The van der Waals surface area contributed by atoms with E-state index in [4.69, 9.17) is 19.5 Å². The minimum Gasteiger partial charge on any atom is -0.465 e. The Balaban J connectivity index is 4.25. The molecule has 0 saturated carbocycles. The highest BCUT2D eigenvalue weighted by atomic mass is 16.7. The SMILES string of the molecule is CCOC(=O)[C@H](C#N)CC(OCC)OCC. The molecule has 0 aromatic heterocycles. The highest BCUT2D eigenvalue weighted by molar-refractivity contribution is 5.75. The molecular formula is C11H19NO4. The Hall–Kier alpha value is -1.12. The number of carbonyl (C=O) groups excluding carboxylic acids is 1. The molecular weight excluding hydrogens is 210 g/mol. The van der Waals surface area contributed by atoms with Gasteiger partial charge in [0, 0.05) is 19.6 Å². The summed E-state index contributed by atoms with van der Waals surface area (Å²) in [6.45, 7) is 6.59. The van der Waals surface area contributed by atoms with E-state index in [0.717, 1.165) is 0 Å². The quantitative estimate of drug-likeness (QED) is 0.466. The molecule has 0 aromatic carbocycles. The number of ether oxygens (including phenoxy) is 3. The molecule has 16 heavy (non-hydrogen) atoms. The summed E-state index contributed by atoms with van der Waals surface area (Å²) >= 11 is 0. The molecule has 0 unspecified atom stereocenters. The Morgan fingerprint density at radius 1 is 1.19 bits per heavy atom. The Kier molecular flexibility index (Phi) is 8.49. The molecule has 0 aliphatic rings. The van der Waals surface area contributed by atoms with Crippen molar-refractivity contribution >= 4 is 5.97 Å². The number of rotatable bonds is 8. The maximum atomic E-state index is 11.4. The topological polar surface area (TPSA) is 68.6 Å². The zero-order valence-electron chi connectivity index (χ0n) is 10.1. The molecule has 0 spiro atoms. The van der Waals surface area contributed by atoms with Crippen LogP contribution in [0.1, 0.15) is 27.2 Å². The summed E-state index contributed by atoms with van der Waals surface area (Å²) in [5.74, 6) is -1.35. The predicted molar refractivity (Wildman–Crippen MR) is 57.4 cm³/mol. The number of esters is 1. The molecule has 5 nitrogen and oxygen atoms in total. The fourth-order valence-corrected chi connectivity index (χ4v) is 1.19. The zero-order chi connectivity index (χ0) is 12.4. The van der Waals surface area contributed by atoms with Gasteiger partial charge >= 0.3 is 5.97 Å². The monoisotopic (exact) mass is 229 g/mol. The van der Waals surface area contributed by atoms with E-state index >= 15 is 0 Å². The standard InChI is InChI=1S/C11H19NO4/c1-4-14-10(15-5-2)7-9(8-12)11(13)16-6-3/h9-10H,4-7H2,1-3H3/t9-/m0/s1. The van der Waals surface area contributed by atoms with Crippen LogP contribution < -0.4 is 0 Å². The first kappa shape index (κ1) is 14.9. The van der Waals surface area contributed by atoms with Crippen LogP contribution >= 0.6 is 0 Å². The highest BCUT2D eigenvalue weighted by Crippen LogP contribution is 2.12. The molecule has 0 bridgehead atoms. The Bertz CT molecular complexity index is 231. The van der Waals surface area contributed by atoms with Gasteiger partial charge in [0.15, 0.2) is 6.29 Å². The lowest BCUT2D eigenvalue weighted by atomic mass is 10.1. The molecule has 0 aliphatic heterocycles. The number of carbonyl (C=O) groups is 1. The predicted octanol–water partition coefficient (Wildman–Crippen LogP) is 1.48. The summed E-state index contributed by atoms with van der Waals surface area (Å²) in [6, 6.07) is 1.90. The maximum absolute atomic E-state index is 11.4. The number of nitriles is 1. The maximum Gasteiger partial charge on any atom is 0.323 e. The molecule has 5 heteroatoms. The second-order valence-electron chi connectivity index (χ2n) is 3.01. The lowest BCUT2D eigenvalue weighted by Gasteiger charge is -2.18. The van der Waals surface area contributed by atoms with Gasteiger partial charge in [-0.05, 0) is 20.8 Å². The van der Waals surface area contributed by atoms with E-state index < -0.39 is 18.2 Å². The van der Waals surface area contributed by atoms with Crippen LogP contribution in [0.2, 0.25) is 0 Å². The van der Waals surface area contributed by atoms with E-state index in [1.54, 1.807) is 6.92 Å². The van der Waals surface area contributed by atoms with Crippen molar-refractivity contribution in [1.82, 2.24) is 0 Å². The summed E-state index contributed by atoms with van der Waals surface area (Å²) < 4.78 is 15.3. The van der Waals surface area contributed by atoms with Crippen molar-refractivity contribution in [3.8, 4) is 6.07 Å². The molecule has 0 rings (SSSR count). The van der Waals surface area contributed by atoms with Gasteiger partial charge in [-0.1, -0.05) is 0 Å². The number of hydrogen-bond acceptors (Lipinski definition) is 5. The minimum absolute atomic E-state index is 0.205. The molecule has 0 N–H and O–H groups in total. The average Bonchev–Trinajstić information content (AvgIpc) is 2.26. The largest absolute Gasteiger partial charge is 0.465 e. The van der Waals surface area contributed by atoms with Gasteiger partial charge in [0.1, 0.15) is 5.92 Å². The third-order valence-electron chi connectivity index (χ3n) is 1.86. The van der Waals surface area contributed by atoms with Crippen LogP contribution in [0.5, 0.6) is 0 Å². The van der Waals surface area contributed by atoms with Crippen LogP contribution in [-0.4, -0.2) is 32.1 Å². The molecule has 1 atom stereocenters. The van der Waals surface area contributed by atoms with E-state index in [0.29, 0.717) is 13.2 Å². The summed E-state index contributed by atoms with van der Waals surface area (Å²) in [5.41, 5.74) is 0. The van der Waals surface area contributed by atoms with Crippen molar-refractivity contribution in [2.24, 2.45) is 5.92 Å². The van der Waals surface area contributed by atoms with Gasteiger partial charge in [0.05, 0.1) is 12.7 Å². The fraction of sp³-hybridized carbons (Fsp3) is 0.818. The zero-order valence-corrected chi connectivity index (χ0v) is 10.1. The third kappa shape index (κ3) is 5.69. The van der Waals surface area contributed by atoms with Crippen LogP contribution in [0, 0.1) is 17.2 Å². The van der Waals surface area contributed by atoms with Gasteiger partial charge < -0.3 is 14.2 Å². The molecule has 0 amide bonds. The van der Waals surface area contributed by atoms with Crippen LogP contribution in [0.3, 0.4) is 0 Å². The van der Waals surface area contributed by atoms with E-state index in [-0.39, 0.29) is 13.0 Å². The summed E-state index contributed by atoms with van der Waals surface area (Å²) in [7, 11) is 0. The van der Waals surface area contributed by atoms with E-state index in [1.165, 1.54) is 0 Å². The van der Waals surface area contributed by atoms with E-state index in [2.05, 4.69) is 0 Å². The lowest BCUT2D eigenvalue weighted by molar-refractivity contribution is -0.161. The van der Waals surface area contributed by atoms with Gasteiger partial charge in [-0.15, -0.1) is 0 Å². The van der Waals surface area contributed by atoms with Gasteiger partial charge in [0.25, 0.3) is 0 Å². The normalized spacial score (nSPS) is 12.2. The molecule has 0 heterocycles. The summed E-state index contributed by atoms with van der Waals surface area (Å²) in [4.78, 5) is 11.4. The second-order valence-corrected chi connectivity index (χ2v) is 3.01. The molecule has 0 fully saturated rings. The molecule has 92 valence electrons. The Morgan fingerprint density at radius 3 is 2.12 bits per heavy atom. The van der Waals surface area contributed by atoms with Gasteiger partial charge in [0.2, 0.25) is 0 Å². The van der Waals surface area contributed by atoms with Crippen LogP contribution in [-0.2, 0) is 19.0 Å². The molecule has 0 radical (unpaired) electrons. The molecule has 0 aliphatic carbocycles. The number of hydrogen-bond donors (Lipinski definition) is 0. The van der Waals surface area contributed by atoms with Gasteiger partial charge in [-0.25, -0.2) is 0 Å². The van der Waals surface area contributed by atoms with Crippen molar-refractivity contribution in [3.05, 3.63) is 0 Å². The summed E-state index contributed by atoms with van der Waals surface area (Å²) in [5, 5.41) is 8.85. The van der Waals surface area contributed by atoms with Crippen molar-refractivity contribution in [2.45, 2.75) is 33.5 Å². The Morgan fingerprint density at radius 2 is 1.75 bits per heavy atom. The van der Waals surface area contributed by atoms with Gasteiger partial charge in [-0.2, -0.15) is 5.26 Å². The van der Waals surface area contributed by atoms with Crippen molar-refractivity contribution < 1.29 is 19.0 Å². The lowest BCUT2D eigenvalue weighted by Crippen LogP contribution is -2.26. The first-order valence-electron chi connectivity index (χ1n) is 5.48. The van der Waals surface area contributed by atoms with Gasteiger partial charge in [-0.3, -0.25) is 4.79 Å². The third-order valence-corrected chi connectivity index (χ3v) is 1.86. The van der Waals surface area contributed by atoms with E-state index in [9.17, 15) is 4.79 Å². The molecule has 0 aromatic rings.